The number of nitrogens with one attached hydrogen (secondary N) is 1. The number of carboxylic acids is 1. The number of hydrogen-bond acceptors (Lipinski definition) is 4. The summed E-state index contributed by atoms with van der Waals surface area (Å²) in [5, 5.41) is 22.4. The Kier molecular flexibility index (Phi) is 5.87. The lowest BCUT2D eigenvalue weighted by atomic mass is 10.1. The third kappa shape index (κ3) is 4.29. The van der Waals surface area contributed by atoms with Crippen LogP contribution in [-0.2, 0) is 6.54 Å². The summed E-state index contributed by atoms with van der Waals surface area (Å²) < 4.78 is 15.4. The van der Waals surface area contributed by atoms with Gasteiger partial charge in [-0.1, -0.05) is 24.3 Å². The highest BCUT2D eigenvalue weighted by molar-refractivity contribution is 6.03. The van der Waals surface area contributed by atoms with Crippen LogP contribution in [0.4, 0.5) is 4.39 Å². The van der Waals surface area contributed by atoms with E-state index in [1.54, 1.807) is 54.2 Å². The number of carbonyl (C=O) groups excluding carboxylic acids is 1. The maximum absolute atomic E-state index is 13.8. The van der Waals surface area contributed by atoms with Crippen molar-refractivity contribution in [3.05, 3.63) is 101 Å². The molecule has 0 saturated heterocycles. The van der Waals surface area contributed by atoms with Gasteiger partial charge in [-0.05, 0) is 48.4 Å². The molecule has 2 aromatic heterocycles. The molecule has 1 atom stereocenters. The van der Waals surface area contributed by atoms with E-state index in [-0.39, 0.29) is 23.4 Å². The number of pyridine rings is 1. The van der Waals surface area contributed by atoms with Crippen molar-refractivity contribution in [3.8, 4) is 6.07 Å². The van der Waals surface area contributed by atoms with E-state index >= 15 is 0 Å². The molecule has 0 aliphatic carbocycles. The van der Waals surface area contributed by atoms with Gasteiger partial charge in [-0.3, -0.25) is 9.78 Å². The number of aromatic nitrogens is 2. The molecule has 0 bridgehead atoms. The van der Waals surface area contributed by atoms with Crippen molar-refractivity contribution in [2.45, 2.75) is 19.5 Å². The lowest BCUT2D eigenvalue weighted by molar-refractivity contribution is 0.0696. The van der Waals surface area contributed by atoms with Gasteiger partial charge in [0.2, 0.25) is 0 Å². The maximum Gasteiger partial charge on any atom is 0.335 e. The first-order valence-electron chi connectivity index (χ1n) is 10.1. The minimum atomic E-state index is -1.03. The summed E-state index contributed by atoms with van der Waals surface area (Å²) in [6.45, 7) is 1.94. The summed E-state index contributed by atoms with van der Waals surface area (Å²) in [5.41, 5.74) is 2.43. The van der Waals surface area contributed by atoms with E-state index in [4.69, 9.17) is 5.11 Å². The molecule has 2 aromatic carbocycles. The molecule has 33 heavy (non-hydrogen) atoms. The van der Waals surface area contributed by atoms with Gasteiger partial charge in [0.05, 0.1) is 28.9 Å². The van der Waals surface area contributed by atoms with Crippen LogP contribution >= 0.6 is 0 Å². The fourth-order valence-electron chi connectivity index (χ4n) is 3.79. The number of fused-ring (bicyclic) bond motifs is 1. The van der Waals surface area contributed by atoms with Gasteiger partial charge in [0.25, 0.3) is 5.91 Å². The van der Waals surface area contributed by atoms with Crippen LogP contribution in [0.25, 0.3) is 10.9 Å². The number of hydrogen-bond donors (Lipinski definition) is 2. The summed E-state index contributed by atoms with van der Waals surface area (Å²) in [7, 11) is 0. The molecule has 2 heterocycles. The second kappa shape index (κ2) is 8.93. The van der Waals surface area contributed by atoms with E-state index in [0.717, 1.165) is 0 Å². The number of aromatic carboxylic acids is 1. The van der Waals surface area contributed by atoms with Crippen LogP contribution in [0, 0.1) is 17.1 Å². The van der Waals surface area contributed by atoms with Gasteiger partial charge in [-0.15, -0.1) is 0 Å². The summed E-state index contributed by atoms with van der Waals surface area (Å²) in [4.78, 5) is 28.6. The third-order valence-corrected chi connectivity index (χ3v) is 5.43. The Morgan fingerprint density at radius 1 is 1.21 bits per heavy atom. The highest BCUT2D eigenvalue weighted by atomic mass is 19.1. The number of rotatable bonds is 6. The molecular weight excluding hydrogens is 423 g/mol. The van der Waals surface area contributed by atoms with E-state index in [2.05, 4.69) is 16.4 Å². The minimum absolute atomic E-state index is 0.145. The van der Waals surface area contributed by atoms with Crippen molar-refractivity contribution in [1.82, 2.24) is 14.9 Å². The largest absolute Gasteiger partial charge is 0.478 e. The number of halogens is 1. The first-order chi connectivity index (χ1) is 15.9. The van der Waals surface area contributed by atoms with Crippen molar-refractivity contribution in [2.75, 3.05) is 0 Å². The summed E-state index contributed by atoms with van der Waals surface area (Å²) in [6.07, 6.45) is 3.12. The monoisotopic (exact) mass is 442 g/mol. The van der Waals surface area contributed by atoms with Crippen LogP contribution in [0.5, 0.6) is 0 Å². The van der Waals surface area contributed by atoms with Crippen molar-refractivity contribution in [2.24, 2.45) is 0 Å². The number of nitriles is 1. The minimum Gasteiger partial charge on any atom is -0.478 e. The zero-order valence-electron chi connectivity index (χ0n) is 17.6. The Hall–Kier alpha value is -4.51. The van der Waals surface area contributed by atoms with Gasteiger partial charge in [-0.2, -0.15) is 5.26 Å². The van der Waals surface area contributed by atoms with Gasteiger partial charge in [0, 0.05) is 18.1 Å². The van der Waals surface area contributed by atoms with Crippen LogP contribution in [0.3, 0.4) is 0 Å². The molecule has 0 aliphatic heterocycles. The summed E-state index contributed by atoms with van der Waals surface area (Å²) in [6, 6.07) is 15.6. The van der Waals surface area contributed by atoms with E-state index in [9.17, 15) is 19.2 Å². The Balaban J connectivity index is 1.73. The van der Waals surface area contributed by atoms with Crippen molar-refractivity contribution in [1.29, 1.82) is 5.26 Å². The van der Waals surface area contributed by atoms with Crippen LogP contribution < -0.4 is 5.32 Å². The van der Waals surface area contributed by atoms with Crippen LogP contribution in [0.2, 0.25) is 0 Å². The first kappa shape index (κ1) is 21.7. The van der Waals surface area contributed by atoms with E-state index in [0.29, 0.717) is 22.0 Å². The standard InChI is InChI=1S/C25H19FN4O3/c1-15(17-5-7-18(8-6-17)25(32)33)29-24(31)23-21(12-27)20-9-10-28-13-22(20)30(23)14-16-3-2-4-19(26)11-16/h2-11,13,15H,14H2,1H3,(H,29,31)(H,32,33). The Bertz CT molecular complexity index is 1400. The van der Waals surface area contributed by atoms with E-state index < -0.39 is 23.7 Å². The molecule has 4 aromatic rings. The van der Waals surface area contributed by atoms with Crippen LogP contribution in [0.15, 0.2) is 67.0 Å². The lowest BCUT2D eigenvalue weighted by Gasteiger charge is -2.17. The van der Waals surface area contributed by atoms with Crippen molar-refractivity contribution >= 4 is 22.8 Å². The molecule has 164 valence electrons. The number of benzene rings is 2. The lowest BCUT2D eigenvalue weighted by Crippen LogP contribution is -2.29. The zero-order chi connectivity index (χ0) is 23.5. The molecule has 8 heteroatoms. The second-order valence-electron chi connectivity index (χ2n) is 7.57. The number of carboxylic acid groups (broad SMARTS) is 1. The predicted molar refractivity (Wildman–Crippen MR) is 119 cm³/mol. The van der Waals surface area contributed by atoms with Gasteiger partial charge >= 0.3 is 5.97 Å². The molecule has 1 amide bonds. The predicted octanol–water partition coefficient (Wildman–Crippen LogP) is 4.28. The maximum atomic E-state index is 13.8. The molecule has 1 unspecified atom stereocenters. The molecule has 0 radical (unpaired) electrons. The average molecular weight is 442 g/mol. The fourth-order valence-corrected chi connectivity index (χ4v) is 3.79. The topological polar surface area (TPSA) is 108 Å². The summed E-state index contributed by atoms with van der Waals surface area (Å²) in [5.74, 6) is -1.91. The van der Waals surface area contributed by atoms with Crippen molar-refractivity contribution < 1.29 is 19.1 Å². The Morgan fingerprint density at radius 3 is 2.64 bits per heavy atom. The third-order valence-electron chi connectivity index (χ3n) is 5.43. The highest BCUT2D eigenvalue weighted by Crippen LogP contribution is 2.27. The first-order valence-corrected chi connectivity index (χ1v) is 10.1. The second-order valence-corrected chi connectivity index (χ2v) is 7.57. The Labute approximate surface area is 188 Å². The molecule has 0 fully saturated rings. The van der Waals surface area contributed by atoms with Gasteiger partial charge < -0.3 is 15.0 Å². The van der Waals surface area contributed by atoms with Gasteiger partial charge in [0.1, 0.15) is 17.6 Å². The quantitative estimate of drug-likeness (QED) is 0.463. The number of nitrogens with zero attached hydrogens (tertiary/aromatic N) is 3. The van der Waals surface area contributed by atoms with Crippen molar-refractivity contribution in [3.63, 3.8) is 0 Å². The highest BCUT2D eigenvalue weighted by Gasteiger charge is 2.24. The number of carbonyl (C=O) groups is 2. The molecule has 0 spiro atoms. The Morgan fingerprint density at radius 2 is 1.97 bits per heavy atom. The van der Waals surface area contributed by atoms with Gasteiger partial charge in [0.15, 0.2) is 0 Å². The average Bonchev–Trinajstić information content (AvgIpc) is 3.12. The molecule has 0 saturated carbocycles. The zero-order valence-corrected chi connectivity index (χ0v) is 17.6. The van der Waals surface area contributed by atoms with E-state index in [1.165, 1.54) is 24.3 Å². The van der Waals surface area contributed by atoms with E-state index in [1.807, 2.05) is 0 Å². The molecule has 2 N–H and O–H groups in total. The fraction of sp³-hybridized carbons (Fsp3) is 0.120. The molecule has 0 aliphatic rings. The number of amides is 1. The van der Waals surface area contributed by atoms with Gasteiger partial charge in [-0.25, -0.2) is 9.18 Å². The molecular formula is C25H19FN4O3. The summed E-state index contributed by atoms with van der Waals surface area (Å²) >= 11 is 0. The van der Waals surface area contributed by atoms with Crippen LogP contribution in [0.1, 0.15) is 50.5 Å². The van der Waals surface area contributed by atoms with Crippen LogP contribution in [-0.4, -0.2) is 26.5 Å². The molecule has 4 rings (SSSR count). The smallest absolute Gasteiger partial charge is 0.335 e. The normalized spacial score (nSPS) is 11.7. The SMILES string of the molecule is CC(NC(=O)c1c(C#N)c2ccncc2n1Cc1cccc(F)c1)c1ccc(C(=O)O)cc1. The molecule has 7 nitrogen and oxygen atoms in total.